The first-order chi connectivity index (χ1) is 6.64. The number of nitrogens with two attached hydrogens (primary N) is 2. The van der Waals surface area contributed by atoms with E-state index in [0.717, 1.165) is 0 Å². The van der Waals surface area contributed by atoms with Crippen LogP contribution in [0.5, 0.6) is 0 Å². The lowest BCUT2D eigenvalue weighted by Gasteiger charge is -2.36. The summed E-state index contributed by atoms with van der Waals surface area (Å²) in [7, 11) is 0. The average molecular weight is 206 g/mol. The predicted octanol–water partition coefficient (Wildman–Crippen LogP) is -1.59. The Bertz CT molecular complexity index is 138. The molecule has 0 heterocycles. The van der Waals surface area contributed by atoms with Gasteiger partial charge >= 0.3 is 0 Å². The molecule has 0 aliphatic carbocycles. The summed E-state index contributed by atoms with van der Waals surface area (Å²) in [5, 5.41) is 26.6. The van der Waals surface area contributed by atoms with Crippen LogP contribution in [0.4, 0.5) is 0 Å². The fourth-order valence-corrected chi connectivity index (χ4v) is 1.75. The molecule has 0 saturated heterocycles. The van der Waals surface area contributed by atoms with Crippen molar-refractivity contribution in [1.82, 2.24) is 0 Å². The highest BCUT2D eigenvalue weighted by Crippen LogP contribution is 2.24. The van der Waals surface area contributed by atoms with E-state index in [1.54, 1.807) is 0 Å². The Hall–Kier alpha value is -0.200. The van der Waals surface area contributed by atoms with Crippen LogP contribution in [0.3, 0.4) is 0 Å². The number of aliphatic hydroxyl groups is 3. The molecular formula is C9H22N2O3. The van der Waals surface area contributed by atoms with Gasteiger partial charge in [-0.2, -0.15) is 0 Å². The van der Waals surface area contributed by atoms with E-state index in [9.17, 15) is 0 Å². The largest absolute Gasteiger partial charge is 0.396 e. The third-order valence-corrected chi connectivity index (χ3v) is 2.73. The van der Waals surface area contributed by atoms with Crippen molar-refractivity contribution in [1.29, 1.82) is 0 Å². The van der Waals surface area contributed by atoms with Crippen molar-refractivity contribution in [3.63, 3.8) is 0 Å². The van der Waals surface area contributed by atoms with E-state index < -0.39 is 5.54 Å². The lowest BCUT2D eigenvalue weighted by Crippen LogP contribution is -2.51. The van der Waals surface area contributed by atoms with Crippen LogP contribution in [0.2, 0.25) is 0 Å². The zero-order valence-electron chi connectivity index (χ0n) is 8.52. The normalized spacial score (nSPS) is 14.4. The van der Waals surface area contributed by atoms with Gasteiger partial charge in [0.15, 0.2) is 0 Å². The first kappa shape index (κ1) is 13.8. The molecule has 7 N–H and O–H groups in total. The molecule has 0 aromatic carbocycles. The molecule has 1 atom stereocenters. The van der Waals surface area contributed by atoms with Crippen LogP contribution < -0.4 is 11.5 Å². The second-order valence-electron chi connectivity index (χ2n) is 3.63. The third-order valence-electron chi connectivity index (χ3n) is 2.73. The summed E-state index contributed by atoms with van der Waals surface area (Å²) >= 11 is 0. The van der Waals surface area contributed by atoms with E-state index in [-0.39, 0.29) is 25.7 Å². The standard InChI is InChI=1S/C9H22N2O3/c10-7-8(1-4-12)9(11,2-5-13)3-6-14/h8,12-14H,1-7,10-11H2. The van der Waals surface area contributed by atoms with Crippen molar-refractivity contribution in [3.8, 4) is 0 Å². The topological polar surface area (TPSA) is 113 Å². The molecular weight excluding hydrogens is 184 g/mol. The van der Waals surface area contributed by atoms with Gasteiger partial charge in [0.1, 0.15) is 0 Å². The van der Waals surface area contributed by atoms with Gasteiger partial charge in [0.2, 0.25) is 0 Å². The number of aliphatic hydroxyl groups excluding tert-OH is 3. The summed E-state index contributed by atoms with van der Waals surface area (Å²) in [6, 6.07) is 0. The van der Waals surface area contributed by atoms with Crippen molar-refractivity contribution in [3.05, 3.63) is 0 Å². The van der Waals surface area contributed by atoms with Gasteiger partial charge in [0.25, 0.3) is 0 Å². The summed E-state index contributed by atoms with van der Waals surface area (Å²) < 4.78 is 0. The molecule has 0 rings (SSSR count). The molecule has 0 spiro atoms. The van der Waals surface area contributed by atoms with Gasteiger partial charge in [-0.3, -0.25) is 0 Å². The molecule has 1 unspecified atom stereocenters. The van der Waals surface area contributed by atoms with Crippen molar-refractivity contribution in [2.75, 3.05) is 26.4 Å². The average Bonchev–Trinajstić information content (AvgIpc) is 2.14. The Labute approximate surface area is 84.7 Å². The highest BCUT2D eigenvalue weighted by Gasteiger charge is 2.32. The highest BCUT2D eigenvalue weighted by molar-refractivity contribution is 4.91. The van der Waals surface area contributed by atoms with Crippen LogP contribution in [0.25, 0.3) is 0 Å². The molecule has 5 nitrogen and oxygen atoms in total. The van der Waals surface area contributed by atoms with Crippen molar-refractivity contribution in [2.45, 2.75) is 24.8 Å². The second-order valence-corrected chi connectivity index (χ2v) is 3.63. The van der Waals surface area contributed by atoms with E-state index in [0.29, 0.717) is 25.8 Å². The van der Waals surface area contributed by atoms with Crippen molar-refractivity contribution < 1.29 is 15.3 Å². The Morgan fingerprint density at radius 2 is 1.50 bits per heavy atom. The van der Waals surface area contributed by atoms with E-state index in [4.69, 9.17) is 26.8 Å². The third kappa shape index (κ3) is 3.89. The van der Waals surface area contributed by atoms with Gasteiger partial charge in [0, 0.05) is 25.4 Å². The van der Waals surface area contributed by atoms with Gasteiger partial charge in [-0.05, 0) is 31.7 Å². The molecule has 0 saturated carbocycles. The minimum absolute atomic E-state index is 0.0255. The molecule has 86 valence electrons. The predicted molar refractivity (Wildman–Crippen MR) is 54.6 cm³/mol. The van der Waals surface area contributed by atoms with Crippen LogP contribution in [0.1, 0.15) is 19.3 Å². The number of hydrogen-bond donors (Lipinski definition) is 5. The van der Waals surface area contributed by atoms with Crippen LogP contribution in [0, 0.1) is 5.92 Å². The summed E-state index contributed by atoms with van der Waals surface area (Å²) in [6.45, 7) is 0.325. The molecule has 0 aliphatic rings. The maximum atomic E-state index is 8.88. The Kier molecular flexibility index (Phi) is 7.04. The van der Waals surface area contributed by atoms with Crippen LogP contribution >= 0.6 is 0 Å². The van der Waals surface area contributed by atoms with Gasteiger partial charge in [-0.1, -0.05) is 0 Å². The fraction of sp³-hybridized carbons (Fsp3) is 1.00. The van der Waals surface area contributed by atoms with Gasteiger partial charge in [-0.25, -0.2) is 0 Å². The van der Waals surface area contributed by atoms with Gasteiger partial charge in [-0.15, -0.1) is 0 Å². The molecule has 0 aromatic heterocycles. The SMILES string of the molecule is NCC(CCO)C(N)(CCO)CCO. The van der Waals surface area contributed by atoms with E-state index in [2.05, 4.69) is 0 Å². The zero-order valence-corrected chi connectivity index (χ0v) is 8.52. The summed E-state index contributed by atoms with van der Waals surface area (Å²) in [4.78, 5) is 0. The van der Waals surface area contributed by atoms with E-state index in [1.165, 1.54) is 0 Å². The van der Waals surface area contributed by atoms with Crippen molar-refractivity contribution >= 4 is 0 Å². The second kappa shape index (κ2) is 7.14. The Morgan fingerprint density at radius 1 is 1.00 bits per heavy atom. The van der Waals surface area contributed by atoms with Crippen LogP contribution in [0.15, 0.2) is 0 Å². The minimum Gasteiger partial charge on any atom is -0.396 e. The molecule has 0 radical (unpaired) electrons. The molecule has 0 aliphatic heterocycles. The molecule has 0 bridgehead atoms. The summed E-state index contributed by atoms with van der Waals surface area (Å²) in [5.41, 5.74) is 10.9. The Balaban J connectivity index is 4.39. The molecule has 0 aromatic rings. The molecule has 0 amide bonds. The van der Waals surface area contributed by atoms with Crippen LogP contribution in [-0.4, -0.2) is 47.2 Å². The van der Waals surface area contributed by atoms with E-state index in [1.807, 2.05) is 0 Å². The molecule has 5 heteroatoms. The number of rotatable bonds is 8. The quantitative estimate of drug-likeness (QED) is 0.328. The zero-order chi connectivity index (χ0) is 11.0. The Morgan fingerprint density at radius 3 is 1.79 bits per heavy atom. The monoisotopic (exact) mass is 206 g/mol. The first-order valence-corrected chi connectivity index (χ1v) is 4.96. The summed E-state index contributed by atoms with van der Waals surface area (Å²) in [5.74, 6) is -0.0631. The minimum atomic E-state index is -0.666. The number of hydrogen-bond acceptors (Lipinski definition) is 5. The van der Waals surface area contributed by atoms with Crippen LogP contribution in [-0.2, 0) is 0 Å². The van der Waals surface area contributed by atoms with E-state index >= 15 is 0 Å². The fourth-order valence-electron chi connectivity index (χ4n) is 1.75. The molecule has 0 fully saturated rings. The lowest BCUT2D eigenvalue weighted by atomic mass is 9.78. The maximum absolute atomic E-state index is 8.88. The first-order valence-electron chi connectivity index (χ1n) is 4.96. The highest BCUT2D eigenvalue weighted by atomic mass is 16.3. The van der Waals surface area contributed by atoms with Crippen molar-refractivity contribution in [2.24, 2.45) is 17.4 Å². The maximum Gasteiger partial charge on any atom is 0.0448 e. The smallest absolute Gasteiger partial charge is 0.0448 e. The molecule has 14 heavy (non-hydrogen) atoms. The van der Waals surface area contributed by atoms with Gasteiger partial charge < -0.3 is 26.8 Å². The summed E-state index contributed by atoms with van der Waals surface area (Å²) in [6.07, 6.45) is 1.30. The van der Waals surface area contributed by atoms with Gasteiger partial charge in [0.05, 0.1) is 0 Å². The lowest BCUT2D eigenvalue weighted by molar-refractivity contribution is 0.127.